The normalized spacial score (nSPS) is 35.7. The monoisotopic (exact) mass is 1100 g/mol. The van der Waals surface area contributed by atoms with Crippen molar-refractivity contribution in [1.82, 2.24) is 0 Å². The van der Waals surface area contributed by atoms with Crippen molar-refractivity contribution in [2.24, 2.45) is 0 Å². The third-order valence-electron chi connectivity index (χ3n) is 13.0. The van der Waals surface area contributed by atoms with E-state index in [-0.39, 0.29) is 39.4 Å². The van der Waals surface area contributed by atoms with Crippen LogP contribution in [0.2, 0.25) is 0 Å². The topological polar surface area (TPSA) is 476 Å². The molecule has 0 spiro atoms. The van der Waals surface area contributed by atoms with Crippen molar-refractivity contribution in [2.75, 3.05) is 26.4 Å². The smallest absolute Gasteiger partial charge is 0.402 e. The Morgan fingerprint density at radius 1 is 0.506 bits per heavy atom. The third kappa shape index (κ3) is 12.1. The van der Waals surface area contributed by atoms with Crippen LogP contribution in [-0.2, 0) is 33.2 Å². The quantitative estimate of drug-likeness (QED) is 0.0216. The average Bonchev–Trinajstić information content (AvgIpc) is 3.41. The van der Waals surface area contributed by atoms with Crippen molar-refractivity contribution in [1.29, 1.82) is 0 Å². The van der Waals surface area contributed by atoms with Crippen LogP contribution >= 0.6 is 0 Å². The third-order valence-corrected chi connectivity index (χ3v) is 13.0. The van der Waals surface area contributed by atoms with Gasteiger partial charge in [0.1, 0.15) is 115 Å². The minimum Gasteiger partial charge on any atom is -0.507 e. The first-order chi connectivity index (χ1) is 36.6. The number of phenols is 4. The maximum atomic E-state index is 13.1. The van der Waals surface area contributed by atoms with Crippen LogP contribution in [0.4, 0.5) is 0 Å². The summed E-state index contributed by atoms with van der Waals surface area (Å²) in [7, 11) is 0. The largest absolute Gasteiger partial charge is 0.507 e. The second kappa shape index (κ2) is 24.0. The Kier molecular flexibility index (Phi) is 17.9. The summed E-state index contributed by atoms with van der Waals surface area (Å²) in [5.74, 6) is -4.83. The van der Waals surface area contributed by atoms with Crippen LogP contribution in [0.25, 0.3) is 28.4 Å². The molecule has 0 amide bonds. The van der Waals surface area contributed by atoms with Crippen LogP contribution in [0.1, 0.15) is 5.56 Å². The Hall–Kier alpha value is -5.88. The van der Waals surface area contributed by atoms with Crippen LogP contribution in [0.3, 0.4) is 0 Å². The second-order valence-corrected chi connectivity index (χ2v) is 18.3. The number of rotatable bonds is 16. The van der Waals surface area contributed by atoms with Crippen molar-refractivity contribution in [3.63, 3.8) is 0 Å². The zero-order chi connectivity index (χ0) is 55.7. The summed E-state index contributed by atoms with van der Waals surface area (Å²) in [6.45, 7) is -3.33. The van der Waals surface area contributed by atoms with Crippen molar-refractivity contribution >= 4 is 23.0 Å². The molecule has 8 rings (SSSR count). The lowest BCUT2D eigenvalue weighted by Gasteiger charge is -2.45. The lowest BCUT2D eigenvalue weighted by atomic mass is 9.97. The molecule has 29 nitrogen and oxygen atoms in total. The number of benzene rings is 3. The summed E-state index contributed by atoms with van der Waals surface area (Å²) >= 11 is 0. The van der Waals surface area contributed by atoms with Gasteiger partial charge in [0, 0.05) is 24.3 Å². The predicted molar refractivity (Wildman–Crippen MR) is 248 cm³/mol. The Bertz CT molecular complexity index is 2700. The molecule has 4 aliphatic rings. The van der Waals surface area contributed by atoms with Crippen molar-refractivity contribution in [3.05, 3.63) is 66.2 Å². The first-order valence-electron chi connectivity index (χ1n) is 23.6. The molecule has 3 aromatic carbocycles. The van der Waals surface area contributed by atoms with E-state index in [0.29, 0.717) is 0 Å². The van der Waals surface area contributed by atoms with E-state index in [1.807, 2.05) is 0 Å². The number of aromatic hydroxyl groups is 4. The number of hydrogen-bond donors (Lipinski definition) is 18. The number of aliphatic hydroxyl groups excluding tert-OH is 14. The molecule has 29 heteroatoms. The van der Waals surface area contributed by atoms with Gasteiger partial charge < -0.3 is 135 Å². The fourth-order valence-electron chi connectivity index (χ4n) is 8.66. The minimum absolute atomic E-state index is 0.0544. The molecule has 4 aliphatic heterocycles. The van der Waals surface area contributed by atoms with Crippen LogP contribution in [-0.4, -0.2) is 247 Å². The molecule has 77 heavy (non-hydrogen) atoms. The number of esters is 1. The number of ether oxygens (including phenoxy) is 9. The van der Waals surface area contributed by atoms with Gasteiger partial charge >= 0.3 is 17.3 Å². The number of aliphatic hydroxyl groups is 14. The number of hydrogen-bond acceptors (Lipinski definition) is 28. The Morgan fingerprint density at radius 2 is 1.04 bits per heavy atom. The summed E-state index contributed by atoms with van der Waals surface area (Å²) < 4.78 is 57.4. The molecule has 1 aromatic heterocycles. The van der Waals surface area contributed by atoms with Gasteiger partial charge in [0.05, 0.1) is 31.5 Å². The fourth-order valence-corrected chi connectivity index (χ4v) is 8.66. The van der Waals surface area contributed by atoms with E-state index in [9.17, 15) is 96.7 Å². The molecular formula is C48H57O29+. The van der Waals surface area contributed by atoms with E-state index in [4.69, 9.17) is 47.0 Å². The lowest BCUT2D eigenvalue weighted by Crippen LogP contribution is -2.65. The molecule has 4 aromatic rings. The highest BCUT2D eigenvalue weighted by Crippen LogP contribution is 2.44. The molecular weight excluding hydrogens is 1040 g/mol. The summed E-state index contributed by atoms with van der Waals surface area (Å²) in [6, 6.07) is 10.2. The van der Waals surface area contributed by atoms with Gasteiger partial charge in [-0.15, -0.1) is 0 Å². The van der Waals surface area contributed by atoms with E-state index in [2.05, 4.69) is 0 Å². The van der Waals surface area contributed by atoms with Crippen LogP contribution in [0, 0.1) is 0 Å². The molecule has 0 radical (unpaired) electrons. The molecule has 4 fully saturated rings. The maximum Gasteiger partial charge on any atom is 0.402 e. The lowest BCUT2D eigenvalue weighted by molar-refractivity contribution is -0.357. The molecule has 0 saturated carbocycles. The van der Waals surface area contributed by atoms with E-state index in [0.717, 1.165) is 42.5 Å². The van der Waals surface area contributed by atoms with Gasteiger partial charge in [0.2, 0.25) is 24.6 Å². The van der Waals surface area contributed by atoms with Gasteiger partial charge in [0.15, 0.2) is 35.4 Å². The fraction of sp³-hybridized carbons (Fsp3) is 0.500. The van der Waals surface area contributed by atoms with E-state index in [1.54, 1.807) is 0 Å². The number of fused-ring (bicyclic) bond motifs is 1. The molecule has 20 atom stereocenters. The minimum atomic E-state index is -2.16. The first-order valence-corrected chi connectivity index (χ1v) is 23.6. The first kappa shape index (κ1) is 57.3. The number of phenolic OH excluding ortho intramolecular Hbond substituents is 4. The van der Waals surface area contributed by atoms with E-state index in [1.165, 1.54) is 24.3 Å². The molecule has 8 unspecified atom stereocenters. The zero-order valence-corrected chi connectivity index (χ0v) is 39.8. The molecule has 0 bridgehead atoms. The maximum absolute atomic E-state index is 13.1. The Morgan fingerprint density at radius 3 is 1.61 bits per heavy atom. The van der Waals surface area contributed by atoms with Crippen molar-refractivity contribution in [2.45, 2.75) is 123 Å². The van der Waals surface area contributed by atoms with Crippen molar-refractivity contribution in [3.8, 4) is 51.6 Å². The van der Waals surface area contributed by atoms with Crippen LogP contribution in [0.5, 0.6) is 40.2 Å². The average molecular weight is 1100 g/mol. The summed E-state index contributed by atoms with van der Waals surface area (Å²) in [4.78, 5) is 13.1. The van der Waals surface area contributed by atoms with Gasteiger partial charge in [-0.05, 0) is 35.9 Å². The molecule has 0 aliphatic carbocycles. The predicted octanol–water partition coefficient (Wildman–Crippen LogP) is -5.17. The summed E-state index contributed by atoms with van der Waals surface area (Å²) in [5, 5.41) is 188. The highest BCUT2D eigenvalue weighted by Gasteiger charge is 2.53. The Labute approximate surface area is 433 Å². The number of carbonyl (C=O) groups excluding carboxylic acids is 1. The van der Waals surface area contributed by atoms with Gasteiger partial charge in [-0.3, -0.25) is 0 Å². The molecule has 4 saturated heterocycles. The van der Waals surface area contributed by atoms with Crippen molar-refractivity contribution < 1.29 is 144 Å². The van der Waals surface area contributed by atoms with Gasteiger partial charge in [-0.25, -0.2) is 9.21 Å². The van der Waals surface area contributed by atoms with Crippen LogP contribution in [0.15, 0.2) is 65.1 Å². The number of carbonyl (C=O) groups is 1. The highest BCUT2D eigenvalue weighted by molar-refractivity contribution is 5.89. The van der Waals surface area contributed by atoms with Gasteiger partial charge in [-0.1, -0.05) is 6.07 Å². The van der Waals surface area contributed by atoms with Crippen LogP contribution < -0.4 is 14.2 Å². The SMILES string of the molecule is O=C(/C=C/c1ccc(O[C@@H]2OC(CO)[C@@H](O)[C@H](O)C2O)c(O)c1)OCC1O[C@@H](Oc2cc3c(O[C@@H]4OC(CO)[C@@H](O)[C@H](O)C4O)cc(O)cc3[o+]c2-c2ccc(O)c(O)c2)[C@H](O[C@@H]2OC(CO)[C@@H](O)[C@H](O)C2O)C(O)[C@@H]1O. The van der Waals surface area contributed by atoms with E-state index < -0.39 is 184 Å². The summed E-state index contributed by atoms with van der Waals surface area (Å²) in [6.07, 6.45) is -34.5. The van der Waals surface area contributed by atoms with E-state index >= 15 is 0 Å². The molecule has 18 N–H and O–H groups in total. The summed E-state index contributed by atoms with van der Waals surface area (Å²) in [5.41, 5.74) is -0.109. The standard InChI is InChI=1S/C48H56O29/c49-12-27-32(57)36(61)40(65)45(73-27)70-23-5-1-16(7-22(23)55)2-6-31(56)68-15-30-35(60)39(64)44(77-47-42(67)38(63)34(59)29(14-51)75-47)48(76-30)72-26-11-19-24(69-43(26)17-3-4-20(53)21(54)8-17)9-18(52)10-25(19)71-46-41(66)37(62)33(58)28(13-50)74-46/h1-11,27-30,32-42,44-51,57-67H,12-15H2,(H3-,52,53,54,55)/p+1/b6-2+/t27?,28?,29?,30?,32-,33-,34-,35-,36+,37+,38+,39?,40?,41?,42?,44-,45-,46-,47+,48-/m1/s1. The second-order valence-electron chi connectivity index (χ2n) is 18.3. The molecule has 5 heterocycles. The zero-order valence-electron chi connectivity index (χ0n) is 39.8. The highest BCUT2D eigenvalue weighted by atomic mass is 16.8. The van der Waals surface area contributed by atoms with Gasteiger partial charge in [-0.2, -0.15) is 0 Å². The van der Waals surface area contributed by atoms with Gasteiger partial charge in [0.25, 0.3) is 0 Å². The molecule has 422 valence electrons. The Balaban J connectivity index is 1.09.